The third-order valence-electron chi connectivity index (χ3n) is 5.21. The van der Waals surface area contributed by atoms with E-state index in [-0.39, 0.29) is 10.8 Å². The number of allylic oxidation sites excluding steroid dienone is 1. The van der Waals surface area contributed by atoms with Gasteiger partial charge in [0.25, 0.3) is 0 Å². The summed E-state index contributed by atoms with van der Waals surface area (Å²) in [5.74, 6) is -0.142. The Labute approximate surface area is 163 Å². The highest BCUT2D eigenvalue weighted by atomic mass is 35.5. The van der Waals surface area contributed by atoms with E-state index in [0.717, 1.165) is 12.8 Å². The summed E-state index contributed by atoms with van der Waals surface area (Å²) < 4.78 is 5.62. The molecule has 1 unspecified atom stereocenters. The number of ether oxygens (including phenoxy) is 1. The van der Waals surface area contributed by atoms with E-state index >= 15 is 0 Å². The van der Waals surface area contributed by atoms with E-state index in [1.54, 1.807) is 6.07 Å². The van der Waals surface area contributed by atoms with Crippen molar-refractivity contribution < 1.29 is 19.4 Å². The van der Waals surface area contributed by atoms with E-state index in [4.69, 9.17) is 16.3 Å². The zero-order valence-corrected chi connectivity index (χ0v) is 16.1. The highest BCUT2D eigenvalue weighted by Crippen LogP contribution is 2.33. The van der Waals surface area contributed by atoms with Gasteiger partial charge in [-0.2, -0.15) is 0 Å². The number of benzene rings is 1. The van der Waals surface area contributed by atoms with Gasteiger partial charge in [0.15, 0.2) is 0 Å². The van der Waals surface area contributed by atoms with Gasteiger partial charge in [0, 0.05) is 5.70 Å². The Morgan fingerprint density at radius 3 is 2.70 bits per heavy atom. The minimum atomic E-state index is -0.698. The lowest BCUT2D eigenvalue weighted by atomic mass is 9.90. The van der Waals surface area contributed by atoms with Gasteiger partial charge in [-0.3, -0.25) is 0 Å². The van der Waals surface area contributed by atoms with E-state index in [9.17, 15) is 14.7 Å². The first-order valence-electron chi connectivity index (χ1n) is 9.45. The van der Waals surface area contributed by atoms with Crippen molar-refractivity contribution in [3.8, 4) is 5.75 Å². The Balaban J connectivity index is 1.84. The Kier molecular flexibility index (Phi) is 6.26. The van der Waals surface area contributed by atoms with Gasteiger partial charge in [0.05, 0.1) is 23.2 Å². The summed E-state index contributed by atoms with van der Waals surface area (Å²) in [6, 6.07) is 3.59. The maximum absolute atomic E-state index is 12.9. The second-order valence-electron chi connectivity index (χ2n) is 7.09. The largest absolute Gasteiger partial charge is 0.506 e. The number of phenols is 1. The van der Waals surface area contributed by atoms with Crippen molar-refractivity contribution in [3.05, 3.63) is 40.1 Å². The zero-order chi connectivity index (χ0) is 19.4. The number of amides is 2. The van der Waals surface area contributed by atoms with Crippen molar-refractivity contribution in [1.82, 2.24) is 10.6 Å². The first-order chi connectivity index (χ1) is 13.0. The van der Waals surface area contributed by atoms with Crippen LogP contribution in [0.3, 0.4) is 0 Å². The summed E-state index contributed by atoms with van der Waals surface area (Å²) >= 11 is 5.89. The third-order valence-corrected chi connectivity index (χ3v) is 5.53. The second kappa shape index (κ2) is 8.65. The van der Waals surface area contributed by atoms with Crippen molar-refractivity contribution in [2.45, 2.75) is 51.5 Å². The van der Waals surface area contributed by atoms with Gasteiger partial charge in [-0.25, -0.2) is 9.59 Å². The molecular weight excluding hydrogens is 368 g/mol. The van der Waals surface area contributed by atoms with E-state index in [1.807, 2.05) is 6.92 Å². The van der Waals surface area contributed by atoms with Crippen LogP contribution in [0.1, 0.15) is 57.1 Å². The highest BCUT2D eigenvalue weighted by molar-refractivity contribution is 6.32. The first kappa shape index (κ1) is 19.5. The molecule has 0 aromatic heterocycles. The van der Waals surface area contributed by atoms with Gasteiger partial charge in [0.1, 0.15) is 5.75 Å². The Hall–Kier alpha value is -2.21. The molecule has 146 valence electrons. The van der Waals surface area contributed by atoms with Crippen LogP contribution >= 0.6 is 11.6 Å². The molecule has 1 aromatic carbocycles. The van der Waals surface area contributed by atoms with E-state index in [0.29, 0.717) is 35.8 Å². The van der Waals surface area contributed by atoms with Gasteiger partial charge >= 0.3 is 12.0 Å². The fourth-order valence-corrected chi connectivity index (χ4v) is 3.84. The summed E-state index contributed by atoms with van der Waals surface area (Å²) in [7, 11) is 0. The molecule has 1 aliphatic carbocycles. The fourth-order valence-electron chi connectivity index (χ4n) is 3.72. The van der Waals surface area contributed by atoms with Gasteiger partial charge in [0.2, 0.25) is 0 Å². The number of carbonyl (C=O) groups is 2. The molecule has 1 atom stereocenters. The van der Waals surface area contributed by atoms with Crippen LogP contribution in [-0.2, 0) is 9.53 Å². The summed E-state index contributed by atoms with van der Waals surface area (Å²) in [6.45, 7) is 2.26. The molecule has 3 N–H and O–H groups in total. The average molecular weight is 393 g/mol. The molecule has 3 rings (SSSR count). The van der Waals surface area contributed by atoms with Crippen LogP contribution in [0, 0.1) is 5.92 Å². The summed E-state index contributed by atoms with van der Waals surface area (Å²) in [4.78, 5) is 24.9. The minimum Gasteiger partial charge on any atom is -0.506 e. The van der Waals surface area contributed by atoms with E-state index < -0.39 is 18.0 Å². The molecule has 1 fully saturated rings. The van der Waals surface area contributed by atoms with Crippen LogP contribution in [0.5, 0.6) is 5.75 Å². The number of hydrogen-bond acceptors (Lipinski definition) is 4. The number of nitrogens with one attached hydrogen (secondary N) is 2. The van der Waals surface area contributed by atoms with Crippen LogP contribution in [-0.4, -0.2) is 23.7 Å². The molecule has 27 heavy (non-hydrogen) atoms. The molecular formula is C20H25ClN2O4. The lowest BCUT2D eigenvalue weighted by Crippen LogP contribution is -2.46. The Bertz CT molecular complexity index is 756. The van der Waals surface area contributed by atoms with Crippen molar-refractivity contribution in [2.75, 3.05) is 6.61 Å². The predicted octanol–water partition coefficient (Wildman–Crippen LogP) is 4.19. The normalized spacial score (nSPS) is 20.8. The van der Waals surface area contributed by atoms with Crippen LogP contribution in [0.4, 0.5) is 4.79 Å². The molecule has 1 aliphatic heterocycles. The van der Waals surface area contributed by atoms with Gasteiger partial charge in [-0.15, -0.1) is 0 Å². The van der Waals surface area contributed by atoms with Gasteiger partial charge in [-0.05, 0) is 42.9 Å². The number of urea groups is 1. The van der Waals surface area contributed by atoms with Crippen LogP contribution in [0.15, 0.2) is 29.5 Å². The molecule has 0 saturated heterocycles. The van der Waals surface area contributed by atoms with E-state index in [2.05, 4.69) is 10.6 Å². The van der Waals surface area contributed by atoms with Crippen LogP contribution in [0.2, 0.25) is 5.02 Å². The fraction of sp³-hybridized carbons (Fsp3) is 0.500. The molecule has 0 spiro atoms. The van der Waals surface area contributed by atoms with Gasteiger partial charge < -0.3 is 20.5 Å². The average Bonchev–Trinajstić information content (AvgIpc) is 2.68. The van der Waals surface area contributed by atoms with E-state index in [1.165, 1.54) is 31.4 Å². The van der Waals surface area contributed by atoms with Crippen molar-refractivity contribution >= 4 is 23.6 Å². The number of phenolic OH excluding ortho intramolecular Hbond substituents is 1. The number of aromatic hydroxyl groups is 1. The third kappa shape index (κ3) is 4.56. The van der Waals surface area contributed by atoms with Crippen molar-refractivity contribution in [1.29, 1.82) is 0 Å². The molecule has 0 bridgehead atoms. The lowest BCUT2D eigenvalue weighted by Gasteiger charge is -2.30. The highest BCUT2D eigenvalue weighted by Gasteiger charge is 2.33. The van der Waals surface area contributed by atoms with Crippen molar-refractivity contribution in [2.24, 2.45) is 5.92 Å². The number of carbonyl (C=O) groups excluding carboxylic acids is 2. The number of halogens is 1. The summed E-state index contributed by atoms with van der Waals surface area (Å²) in [5.41, 5.74) is 1.48. The molecule has 2 amide bonds. The molecule has 1 aromatic rings. The molecule has 1 saturated carbocycles. The topological polar surface area (TPSA) is 87.7 Å². The SMILES string of the molecule is CCC1=C(C(=O)OCC2CCCCC2)C(c2ccc(Cl)c(O)c2)NC(=O)N1. The molecule has 2 aliphatic rings. The molecule has 7 heteroatoms. The Morgan fingerprint density at radius 2 is 2.04 bits per heavy atom. The van der Waals surface area contributed by atoms with Crippen LogP contribution in [0.25, 0.3) is 0 Å². The monoisotopic (exact) mass is 392 g/mol. The minimum absolute atomic E-state index is 0.102. The molecule has 0 radical (unpaired) electrons. The second-order valence-corrected chi connectivity index (χ2v) is 7.50. The maximum atomic E-state index is 12.9. The number of esters is 1. The molecule has 1 heterocycles. The quantitative estimate of drug-likeness (QED) is 0.655. The maximum Gasteiger partial charge on any atom is 0.338 e. The summed E-state index contributed by atoms with van der Waals surface area (Å²) in [5, 5.41) is 15.6. The predicted molar refractivity (Wildman–Crippen MR) is 102 cm³/mol. The first-order valence-corrected chi connectivity index (χ1v) is 9.83. The zero-order valence-electron chi connectivity index (χ0n) is 15.4. The lowest BCUT2D eigenvalue weighted by molar-refractivity contribution is -0.141. The number of hydrogen-bond donors (Lipinski definition) is 3. The number of rotatable bonds is 5. The Morgan fingerprint density at radius 1 is 1.30 bits per heavy atom. The molecule has 6 nitrogen and oxygen atoms in total. The van der Waals surface area contributed by atoms with Crippen LogP contribution < -0.4 is 10.6 Å². The van der Waals surface area contributed by atoms with Gasteiger partial charge in [-0.1, -0.05) is 43.9 Å². The smallest absolute Gasteiger partial charge is 0.338 e. The van der Waals surface area contributed by atoms with Crippen molar-refractivity contribution in [3.63, 3.8) is 0 Å². The standard InChI is InChI=1S/C20H25ClN2O4/c1-2-15-17(19(25)27-11-12-6-4-3-5-7-12)18(23-20(26)22-15)13-8-9-14(21)16(24)10-13/h8-10,12,18,24H,2-7,11H2,1H3,(H2,22,23,26). The summed E-state index contributed by atoms with van der Waals surface area (Å²) in [6.07, 6.45) is 6.24.